The fourth-order valence-electron chi connectivity index (χ4n) is 13.3. The van der Waals surface area contributed by atoms with E-state index in [-0.39, 0.29) is 0 Å². The third kappa shape index (κ3) is 6.77. The van der Waals surface area contributed by atoms with Gasteiger partial charge in [-0.2, -0.15) is 0 Å². The normalized spacial score (nSPS) is 14.1. The second-order valence-electron chi connectivity index (χ2n) is 22.1. The summed E-state index contributed by atoms with van der Waals surface area (Å²) in [5.74, 6) is -1.12. The van der Waals surface area contributed by atoms with Gasteiger partial charge >= 0.3 is 435 Å². The molecule has 0 radical (unpaired) electrons. The maximum absolute atomic E-state index is 17.8. The fourth-order valence-corrected chi connectivity index (χ4v) is 28.1. The molecule has 0 heterocycles. The van der Waals surface area contributed by atoms with E-state index < -0.39 is 35.0 Å². The predicted molar refractivity (Wildman–Crippen MR) is 300 cm³/mol. The molecule has 0 unspecified atom stereocenters. The van der Waals surface area contributed by atoms with E-state index in [9.17, 15) is 0 Å². The minimum atomic E-state index is -7.93. The van der Waals surface area contributed by atoms with Crippen molar-refractivity contribution in [2.45, 2.75) is 34.1 Å². The summed E-state index contributed by atoms with van der Waals surface area (Å²) in [4.78, 5) is 35.5. The van der Waals surface area contributed by atoms with Crippen molar-refractivity contribution in [2.24, 2.45) is 0 Å². The topological polar surface area (TPSA) is 52.6 Å². The van der Waals surface area contributed by atoms with Gasteiger partial charge in [0.05, 0.1) is 0 Å². The van der Waals surface area contributed by atoms with Crippen LogP contribution >= 0.6 is 0 Å². The van der Waals surface area contributed by atoms with Crippen LogP contribution in [0.25, 0.3) is 22.3 Å². The fraction of sp³-hybridized carbons (Fsp3) is 0.0882. The van der Waals surface area contributed by atoms with Crippen molar-refractivity contribution in [1.29, 1.82) is 0 Å². The first-order valence-corrected chi connectivity index (χ1v) is 35.6. The number of carbonyl (C=O) groups excluding carboxylic acids is 2. The zero-order chi connectivity index (χ0) is 50.7. The Kier molecular flexibility index (Phi) is 10.5. The Balaban J connectivity index is 1.28. The van der Waals surface area contributed by atoms with Crippen molar-refractivity contribution in [1.82, 2.24) is 0 Å². The van der Waals surface area contributed by atoms with Crippen LogP contribution in [0.4, 0.5) is 0 Å². The average molecular weight is 1010 g/mol. The first-order valence-electron chi connectivity index (χ1n) is 25.6. The summed E-state index contributed by atoms with van der Waals surface area (Å²) in [7, 11) is 1.66. The Morgan fingerprint density at radius 2 is 0.581 bits per heavy atom. The quantitative estimate of drug-likeness (QED) is 0.0904. The zero-order valence-electron chi connectivity index (χ0n) is 41.7. The number of carbonyl (C=O) groups is 2. The van der Waals surface area contributed by atoms with Gasteiger partial charge in [-0.05, 0) is 0 Å². The van der Waals surface area contributed by atoms with Crippen LogP contribution in [0.15, 0.2) is 267 Å². The van der Waals surface area contributed by atoms with Crippen LogP contribution < -0.4 is 7.74 Å². The number of benzene rings is 10. The van der Waals surface area contributed by atoms with Gasteiger partial charge in [0, 0.05) is 0 Å². The maximum atomic E-state index is 17.8. The van der Waals surface area contributed by atoms with Gasteiger partial charge in [-0.25, -0.2) is 0 Å². The molecule has 2 aliphatic carbocycles. The van der Waals surface area contributed by atoms with Crippen LogP contribution in [0.3, 0.4) is 0 Å². The Bertz CT molecular complexity index is 3510. The molecule has 2 aliphatic rings. The van der Waals surface area contributed by atoms with Crippen molar-refractivity contribution in [3.63, 3.8) is 0 Å². The van der Waals surface area contributed by atoms with Crippen LogP contribution in [0, 0.1) is 0 Å². The van der Waals surface area contributed by atoms with Crippen LogP contribution in [-0.2, 0) is 52.2 Å². The molecule has 10 aromatic carbocycles. The van der Waals surface area contributed by atoms with E-state index in [4.69, 9.17) is 6.64 Å². The van der Waals surface area contributed by atoms with Crippen LogP contribution in [-0.4, -0.2) is 19.6 Å². The summed E-state index contributed by atoms with van der Waals surface area (Å²) in [6, 6.07) is 89.3. The van der Waals surface area contributed by atoms with E-state index in [0.29, 0.717) is 54.0 Å². The molecule has 10 aromatic rings. The average Bonchev–Trinajstić information content (AvgIpc) is 4.11. The molecule has 0 aliphatic heterocycles. The summed E-state index contributed by atoms with van der Waals surface area (Å²) in [6.45, 7) is 0. The van der Waals surface area contributed by atoms with Gasteiger partial charge in [0.1, 0.15) is 0 Å². The van der Waals surface area contributed by atoms with E-state index in [1.165, 1.54) is 0 Å². The molecule has 0 amide bonds. The second-order valence-corrected chi connectivity index (χ2v) is 48.9. The molecular weight excluding hydrogens is 957 g/mol. The van der Waals surface area contributed by atoms with Gasteiger partial charge in [-0.15, -0.1) is 0 Å². The van der Waals surface area contributed by atoms with Gasteiger partial charge in [-0.3, -0.25) is 0 Å². The Morgan fingerprint density at radius 3 is 0.865 bits per heavy atom. The number of rotatable bonds is 12. The second kappa shape index (κ2) is 16.5. The third-order valence-electron chi connectivity index (χ3n) is 16.7. The van der Waals surface area contributed by atoms with E-state index in [2.05, 4.69) is 95.4 Å². The minimum absolute atomic E-state index is 0.529. The molecule has 0 spiro atoms. The predicted octanol–water partition coefficient (Wildman–Crippen LogP) is 13.2. The van der Waals surface area contributed by atoms with Gasteiger partial charge in [0.15, 0.2) is 0 Å². The standard InChI is InChI=1S/2C20H16O2.2C13H9.2CH3.H2Si.Ti/c2*21-19(22)20(16-10-4-1-5-11-16,17-12-6-2-7-13-17)18-14-8-3-9-15-18;2*1-3-7-12-10(5-1)9-11-6-2-4-8-13(11)12;;;;/h2*1-15H,(H,21,22);2*1-5,7-8H,9H2;2*1H3;1H2;/q;;;;;;;+2/p-2. The van der Waals surface area contributed by atoms with Crippen molar-refractivity contribution >= 4 is 27.3 Å². The molecule has 0 aromatic heterocycles. The molecular formula is C68H56O4SiTi. The van der Waals surface area contributed by atoms with E-state index in [0.717, 1.165) is 44.5 Å². The first-order chi connectivity index (χ1) is 35.9. The summed E-state index contributed by atoms with van der Waals surface area (Å²) in [5.41, 5.74) is 9.57. The van der Waals surface area contributed by atoms with Gasteiger partial charge < -0.3 is 0 Å². The van der Waals surface area contributed by atoms with Crippen molar-refractivity contribution in [3.05, 3.63) is 323 Å². The molecule has 0 fully saturated rings. The van der Waals surface area contributed by atoms with Crippen molar-refractivity contribution in [2.75, 3.05) is 0 Å². The number of hydrogen-bond donors (Lipinski definition) is 0. The molecule has 0 N–H and O–H groups in total. The Morgan fingerprint density at radius 1 is 0.338 bits per heavy atom. The molecule has 0 saturated carbocycles. The molecule has 6 heteroatoms. The summed E-state index contributed by atoms with van der Waals surface area (Å²) >= 11 is -7.93. The molecule has 74 heavy (non-hydrogen) atoms. The van der Waals surface area contributed by atoms with Gasteiger partial charge in [0.25, 0.3) is 0 Å². The van der Waals surface area contributed by atoms with Gasteiger partial charge in [-0.1, -0.05) is 0 Å². The molecule has 0 bridgehead atoms. The Labute approximate surface area is 431 Å². The molecule has 360 valence electrons. The van der Waals surface area contributed by atoms with Crippen LogP contribution in [0.5, 0.6) is 0 Å². The zero-order valence-corrected chi connectivity index (χ0v) is 44.6. The molecule has 0 saturated heterocycles. The van der Waals surface area contributed by atoms with Gasteiger partial charge in [0.2, 0.25) is 0 Å². The number of fused-ring (bicyclic) bond motifs is 6. The SMILES string of the molecule is [CH3][Ti]([CH3])(=[SiH2])([O]C(=O)C(c1ccccc1)(c1ccccc1)c1ccccc1)([O]C(=O)C(c1ccccc1)(c1ccccc1)c1ccccc1)([c]1cccc2c1Cc1ccccc1-2)[c]1cccc2c1Cc1ccccc1-2. The van der Waals surface area contributed by atoms with Crippen molar-refractivity contribution in [3.8, 4) is 22.3 Å². The van der Waals surface area contributed by atoms with Crippen LogP contribution in [0.2, 0.25) is 10.5 Å². The molecule has 0 atom stereocenters. The third-order valence-corrected chi connectivity index (χ3v) is 32.5. The molecule has 4 nitrogen and oxygen atoms in total. The first kappa shape index (κ1) is 47.1. The summed E-state index contributed by atoms with van der Waals surface area (Å²) < 4.78 is 18.5. The summed E-state index contributed by atoms with van der Waals surface area (Å²) in [5, 5.41) is 4.17. The van der Waals surface area contributed by atoms with E-state index in [1.807, 2.05) is 182 Å². The van der Waals surface area contributed by atoms with E-state index in [1.54, 1.807) is 7.63 Å². The monoisotopic (exact) mass is 1010 g/mol. The van der Waals surface area contributed by atoms with E-state index >= 15 is 9.59 Å². The van der Waals surface area contributed by atoms with Crippen molar-refractivity contribution < 1.29 is 28.5 Å². The number of hydrogen-bond acceptors (Lipinski definition) is 4. The Hall–Kier alpha value is -7.93. The molecule has 12 rings (SSSR count). The summed E-state index contributed by atoms with van der Waals surface area (Å²) in [6.07, 6.45) is 1.06. The van der Waals surface area contributed by atoms with Crippen LogP contribution in [0.1, 0.15) is 55.6 Å².